The maximum absolute atomic E-state index is 12.5. The summed E-state index contributed by atoms with van der Waals surface area (Å²) in [5.74, 6) is -0.125. The van der Waals surface area contributed by atoms with E-state index >= 15 is 0 Å². The molecule has 0 amide bonds. The van der Waals surface area contributed by atoms with Gasteiger partial charge in [-0.1, -0.05) is 30.3 Å². The first-order chi connectivity index (χ1) is 11.7. The number of carbonyl (C=O) groups is 1. The number of carbonyl (C=O) groups excluding carboxylic acids is 1. The van der Waals surface area contributed by atoms with Crippen LogP contribution in [-0.4, -0.2) is 18.2 Å². The maximum Gasteiger partial charge on any atom is 0.335 e. The average molecular weight is 336 g/mol. The Bertz CT molecular complexity index is 811. The lowest BCUT2D eigenvalue weighted by atomic mass is 9.76. The Morgan fingerprint density at radius 3 is 2.79 bits per heavy atom. The van der Waals surface area contributed by atoms with Crippen LogP contribution < -0.4 is 0 Å². The van der Waals surface area contributed by atoms with Gasteiger partial charge in [-0.15, -0.1) is 11.8 Å². The summed E-state index contributed by atoms with van der Waals surface area (Å²) < 4.78 is 5.31. The van der Waals surface area contributed by atoms with Crippen LogP contribution in [-0.2, 0) is 9.53 Å². The third-order valence-electron chi connectivity index (χ3n) is 4.57. The van der Waals surface area contributed by atoms with Crippen molar-refractivity contribution in [2.75, 3.05) is 12.2 Å². The first-order valence-electron chi connectivity index (χ1n) is 7.72. The molecule has 5 heteroatoms. The number of fused-ring (bicyclic) bond motifs is 3. The zero-order valence-electron chi connectivity index (χ0n) is 13.3. The summed E-state index contributed by atoms with van der Waals surface area (Å²) in [5, 5.41) is 18.7. The molecule has 0 saturated heterocycles. The Morgan fingerprint density at radius 2 is 2.08 bits per heavy atom. The standard InChI is InChI=1S/C19H16N2O2S/c1-24-11-23-19(22)16-8-4-7-15-17(12(9-20)10-21)13-5-2-3-6-14(13)18(15)16/h2-3,5-6,8,15,18H,4,7,11H2,1H3. The molecule has 120 valence electrons. The summed E-state index contributed by atoms with van der Waals surface area (Å²) in [5.41, 5.74) is 3.50. The van der Waals surface area contributed by atoms with Crippen molar-refractivity contribution in [2.24, 2.45) is 5.92 Å². The summed E-state index contributed by atoms with van der Waals surface area (Å²) in [4.78, 5) is 12.5. The van der Waals surface area contributed by atoms with Crippen molar-refractivity contribution in [2.45, 2.75) is 18.8 Å². The molecule has 2 unspecified atom stereocenters. The molecule has 0 fully saturated rings. The van der Waals surface area contributed by atoms with E-state index in [0.29, 0.717) is 11.5 Å². The molecule has 2 atom stereocenters. The van der Waals surface area contributed by atoms with Gasteiger partial charge in [0.05, 0.1) is 0 Å². The van der Waals surface area contributed by atoms with Gasteiger partial charge in [0.25, 0.3) is 0 Å². The third kappa shape index (κ3) is 2.62. The van der Waals surface area contributed by atoms with Crippen LogP contribution in [0.2, 0.25) is 0 Å². The van der Waals surface area contributed by atoms with Crippen LogP contribution in [0.5, 0.6) is 0 Å². The summed E-state index contributed by atoms with van der Waals surface area (Å²) in [6, 6.07) is 11.8. The summed E-state index contributed by atoms with van der Waals surface area (Å²) in [6.07, 6.45) is 5.39. The van der Waals surface area contributed by atoms with E-state index in [1.807, 2.05) is 48.7 Å². The Balaban J connectivity index is 2.11. The van der Waals surface area contributed by atoms with Crippen molar-refractivity contribution >= 4 is 23.3 Å². The number of hydrogen-bond acceptors (Lipinski definition) is 5. The number of ether oxygens (including phenoxy) is 1. The predicted molar refractivity (Wildman–Crippen MR) is 92.6 cm³/mol. The molecule has 4 nitrogen and oxygen atoms in total. The van der Waals surface area contributed by atoms with Gasteiger partial charge in [-0.2, -0.15) is 10.5 Å². The van der Waals surface area contributed by atoms with Crippen LogP contribution in [0.4, 0.5) is 0 Å². The summed E-state index contributed by atoms with van der Waals surface area (Å²) in [7, 11) is 0. The van der Waals surface area contributed by atoms with E-state index in [0.717, 1.165) is 29.5 Å². The van der Waals surface area contributed by atoms with E-state index in [2.05, 4.69) is 0 Å². The van der Waals surface area contributed by atoms with Crippen LogP contribution in [0.25, 0.3) is 5.57 Å². The van der Waals surface area contributed by atoms with Crippen LogP contribution in [0.3, 0.4) is 0 Å². The predicted octanol–water partition coefficient (Wildman–Crippen LogP) is 3.78. The fraction of sp³-hybridized carbons (Fsp3) is 0.316. The second-order valence-corrected chi connectivity index (χ2v) is 6.57. The lowest BCUT2D eigenvalue weighted by Gasteiger charge is -2.27. The van der Waals surface area contributed by atoms with Gasteiger partial charge in [0.1, 0.15) is 23.7 Å². The molecule has 0 aromatic heterocycles. The van der Waals surface area contributed by atoms with E-state index in [4.69, 9.17) is 4.74 Å². The molecule has 3 rings (SSSR count). The normalized spacial score (nSPS) is 21.0. The number of hydrogen-bond donors (Lipinski definition) is 0. The van der Waals surface area contributed by atoms with Gasteiger partial charge in [-0.3, -0.25) is 0 Å². The van der Waals surface area contributed by atoms with E-state index < -0.39 is 0 Å². The molecule has 0 radical (unpaired) electrons. The van der Waals surface area contributed by atoms with E-state index in [9.17, 15) is 15.3 Å². The van der Waals surface area contributed by atoms with Gasteiger partial charge in [0.2, 0.25) is 0 Å². The zero-order chi connectivity index (χ0) is 17.1. The van der Waals surface area contributed by atoms with Gasteiger partial charge < -0.3 is 4.74 Å². The first-order valence-corrected chi connectivity index (χ1v) is 9.12. The highest BCUT2D eigenvalue weighted by Crippen LogP contribution is 2.54. The molecule has 0 N–H and O–H groups in total. The molecule has 0 aliphatic heterocycles. The highest BCUT2D eigenvalue weighted by Gasteiger charge is 2.43. The Hall–Kier alpha value is -2.50. The van der Waals surface area contributed by atoms with E-state index in [1.54, 1.807) is 0 Å². The second kappa shape index (κ2) is 6.95. The number of benzene rings is 1. The van der Waals surface area contributed by atoms with Crippen molar-refractivity contribution in [1.29, 1.82) is 10.5 Å². The number of nitrogens with zero attached hydrogens (tertiary/aromatic N) is 2. The second-order valence-electron chi connectivity index (χ2n) is 5.76. The van der Waals surface area contributed by atoms with Crippen LogP contribution in [0, 0.1) is 28.6 Å². The third-order valence-corrected chi connectivity index (χ3v) is 4.93. The minimum atomic E-state index is -0.300. The fourth-order valence-electron chi connectivity index (χ4n) is 3.71. The van der Waals surface area contributed by atoms with Crippen molar-refractivity contribution in [3.8, 4) is 12.1 Å². The molecule has 1 aromatic rings. The van der Waals surface area contributed by atoms with E-state index in [1.165, 1.54) is 11.8 Å². The van der Waals surface area contributed by atoms with Crippen LogP contribution in [0.1, 0.15) is 29.9 Å². The molecule has 0 spiro atoms. The lowest BCUT2D eigenvalue weighted by Crippen LogP contribution is -2.21. The molecule has 0 saturated carbocycles. The highest BCUT2D eigenvalue weighted by atomic mass is 32.2. The van der Waals surface area contributed by atoms with Gasteiger partial charge in [0, 0.05) is 11.5 Å². The molecule has 0 heterocycles. The first kappa shape index (κ1) is 16.4. The van der Waals surface area contributed by atoms with Crippen molar-refractivity contribution in [1.82, 2.24) is 0 Å². The maximum atomic E-state index is 12.5. The van der Waals surface area contributed by atoms with Crippen molar-refractivity contribution in [3.63, 3.8) is 0 Å². The SMILES string of the molecule is CSCOC(=O)C1=CCCC2C(=C(C#N)C#N)c3ccccc3C12. The molecular formula is C19H16N2O2S. The van der Waals surface area contributed by atoms with E-state index in [-0.39, 0.29) is 23.4 Å². The Kier molecular flexibility index (Phi) is 4.74. The van der Waals surface area contributed by atoms with Gasteiger partial charge in [-0.25, -0.2) is 4.79 Å². The summed E-state index contributed by atoms with van der Waals surface area (Å²) in [6.45, 7) is 0. The minimum Gasteiger partial charge on any atom is -0.451 e. The molecule has 24 heavy (non-hydrogen) atoms. The zero-order valence-corrected chi connectivity index (χ0v) is 14.1. The van der Waals surface area contributed by atoms with Crippen molar-refractivity contribution in [3.05, 3.63) is 52.6 Å². The molecular weight excluding hydrogens is 320 g/mol. The van der Waals surface area contributed by atoms with Gasteiger partial charge >= 0.3 is 5.97 Å². The number of nitriles is 2. The number of thioether (sulfide) groups is 1. The number of esters is 1. The van der Waals surface area contributed by atoms with Crippen molar-refractivity contribution < 1.29 is 9.53 Å². The highest BCUT2D eigenvalue weighted by molar-refractivity contribution is 7.98. The Labute approximate surface area is 145 Å². The largest absolute Gasteiger partial charge is 0.451 e. The summed E-state index contributed by atoms with van der Waals surface area (Å²) >= 11 is 1.45. The average Bonchev–Trinajstić information content (AvgIpc) is 2.96. The Morgan fingerprint density at radius 1 is 1.33 bits per heavy atom. The van der Waals surface area contributed by atoms with Gasteiger partial charge in [-0.05, 0) is 41.7 Å². The number of allylic oxidation sites excluding steroid dienone is 3. The quantitative estimate of drug-likeness (QED) is 0.477. The van der Waals surface area contributed by atoms with Gasteiger partial charge in [0.15, 0.2) is 0 Å². The minimum absolute atomic E-state index is 0.0153. The number of rotatable bonds is 3. The van der Waals surface area contributed by atoms with Crippen LogP contribution >= 0.6 is 11.8 Å². The lowest BCUT2D eigenvalue weighted by molar-refractivity contribution is -0.137. The monoisotopic (exact) mass is 336 g/mol. The fourth-order valence-corrected chi connectivity index (χ4v) is 3.93. The molecule has 1 aromatic carbocycles. The molecule has 0 bridgehead atoms. The topological polar surface area (TPSA) is 73.9 Å². The van der Waals surface area contributed by atoms with Crippen LogP contribution in [0.15, 0.2) is 41.5 Å². The smallest absolute Gasteiger partial charge is 0.335 e. The molecule has 2 aliphatic rings. The molecule has 2 aliphatic carbocycles.